The number of benzene rings is 3. The second-order valence-electron chi connectivity index (χ2n) is 7.41. The molecule has 0 aliphatic carbocycles. The maximum Gasteiger partial charge on any atom is 0.268 e. The summed E-state index contributed by atoms with van der Waals surface area (Å²) in [5.41, 5.74) is 3.07. The van der Waals surface area contributed by atoms with Crippen molar-refractivity contribution in [2.45, 2.75) is 4.90 Å². The van der Waals surface area contributed by atoms with Crippen LogP contribution >= 0.6 is 0 Å². The Labute approximate surface area is 190 Å². The lowest BCUT2D eigenvalue weighted by molar-refractivity contribution is 0.343. The highest BCUT2D eigenvalue weighted by atomic mass is 32.2. The van der Waals surface area contributed by atoms with Crippen LogP contribution in [0.3, 0.4) is 0 Å². The topological polar surface area (TPSA) is 97.1 Å². The Morgan fingerprint density at radius 2 is 1.82 bits per heavy atom. The number of nitrogens with zero attached hydrogens (tertiary/aromatic N) is 3. The number of nitrogens with one attached hydrogen (secondary N) is 1. The van der Waals surface area contributed by atoms with E-state index in [9.17, 15) is 8.42 Å². The zero-order chi connectivity index (χ0) is 22.8. The second kappa shape index (κ2) is 8.50. The monoisotopic (exact) mass is 456 g/mol. The third kappa shape index (κ3) is 3.97. The average molecular weight is 457 g/mol. The van der Waals surface area contributed by atoms with Crippen molar-refractivity contribution in [1.82, 2.24) is 13.9 Å². The molecule has 0 aliphatic heterocycles. The van der Waals surface area contributed by atoms with Crippen LogP contribution in [0.1, 0.15) is 5.56 Å². The summed E-state index contributed by atoms with van der Waals surface area (Å²) in [5.74, 6) is 0.634. The Morgan fingerprint density at radius 1 is 0.970 bits per heavy atom. The molecule has 0 fully saturated rings. The molecule has 5 aromatic rings. The molecule has 3 aromatic carbocycles. The van der Waals surface area contributed by atoms with E-state index in [1.165, 1.54) is 10.3 Å². The third-order valence-corrected chi connectivity index (χ3v) is 7.00. The first-order chi connectivity index (χ1) is 16.1. The smallest absolute Gasteiger partial charge is 0.268 e. The van der Waals surface area contributed by atoms with Crippen LogP contribution in [0.2, 0.25) is 0 Å². The largest absolute Gasteiger partial charge is 0.392 e. The molecule has 0 saturated carbocycles. The van der Waals surface area contributed by atoms with E-state index in [1.54, 1.807) is 54.7 Å². The minimum atomic E-state index is -3.68. The molecule has 0 radical (unpaired) electrons. The van der Waals surface area contributed by atoms with Gasteiger partial charge in [-0.1, -0.05) is 36.4 Å². The molecule has 33 heavy (non-hydrogen) atoms. The maximum absolute atomic E-state index is 13.0. The molecular formula is C25H20N4O3S. The number of aliphatic hydroxyl groups excluding tert-OH is 1. The second-order valence-corrected chi connectivity index (χ2v) is 9.23. The van der Waals surface area contributed by atoms with Crippen LogP contribution in [0, 0.1) is 0 Å². The van der Waals surface area contributed by atoms with Crippen molar-refractivity contribution in [1.29, 1.82) is 0 Å². The summed E-state index contributed by atoms with van der Waals surface area (Å²) in [7, 11) is -3.68. The molecule has 2 N–H and O–H groups in total. The van der Waals surface area contributed by atoms with Gasteiger partial charge >= 0.3 is 0 Å². The van der Waals surface area contributed by atoms with Crippen LogP contribution in [0.4, 0.5) is 11.5 Å². The fourth-order valence-corrected chi connectivity index (χ4v) is 5.09. The molecule has 2 aromatic heterocycles. The van der Waals surface area contributed by atoms with Gasteiger partial charge < -0.3 is 10.4 Å². The highest BCUT2D eigenvalue weighted by Gasteiger charge is 2.18. The first-order valence-corrected chi connectivity index (χ1v) is 11.7. The third-order valence-electron chi connectivity index (χ3n) is 5.29. The normalized spacial score (nSPS) is 12.0. The summed E-state index contributed by atoms with van der Waals surface area (Å²) in [5, 5.41) is 14.0. The van der Waals surface area contributed by atoms with Gasteiger partial charge in [-0.25, -0.2) is 22.4 Å². The summed E-state index contributed by atoms with van der Waals surface area (Å²) in [6.07, 6.45) is 6.56. The Morgan fingerprint density at radius 3 is 2.64 bits per heavy atom. The number of aromatic nitrogens is 3. The number of rotatable bonds is 6. The van der Waals surface area contributed by atoms with Gasteiger partial charge in [-0.05, 0) is 54.1 Å². The van der Waals surface area contributed by atoms with Gasteiger partial charge in [-0.2, -0.15) is 0 Å². The van der Waals surface area contributed by atoms with E-state index in [2.05, 4.69) is 15.3 Å². The molecule has 0 saturated heterocycles. The molecular weight excluding hydrogens is 436 g/mol. The molecule has 5 rings (SSSR count). The number of aliphatic hydroxyl groups is 1. The first kappa shape index (κ1) is 20.9. The van der Waals surface area contributed by atoms with E-state index in [-0.39, 0.29) is 11.5 Å². The summed E-state index contributed by atoms with van der Waals surface area (Å²) < 4.78 is 27.4. The molecule has 0 aliphatic rings. The fourth-order valence-electron chi connectivity index (χ4n) is 3.71. The minimum absolute atomic E-state index is 0.0336. The van der Waals surface area contributed by atoms with Crippen molar-refractivity contribution in [2.24, 2.45) is 0 Å². The van der Waals surface area contributed by atoms with Crippen LogP contribution in [0.5, 0.6) is 0 Å². The predicted molar refractivity (Wildman–Crippen MR) is 130 cm³/mol. The molecule has 0 amide bonds. The number of hydrogen-bond acceptors (Lipinski definition) is 6. The predicted octanol–water partition coefficient (Wildman–Crippen LogP) is 4.57. The van der Waals surface area contributed by atoms with Crippen LogP contribution in [-0.4, -0.2) is 34.1 Å². The lowest BCUT2D eigenvalue weighted by Gasteiger charge is -2.10. The standard InChI is InChI=1S/C25H20N4O3S/c30-14-4-5-18-8-10-23-22(15-18)25(27-17-26-23)28-20-9-11-24-19(16-20)12-13-29(24)33(31,32)21-6-2-1-3-7-21/h1-13,15-17,30H,14H2,(H,26,27,28)/b5-4+. The van der Waals surface area contributed by atoms with Crippen LogP contribution in [0.25, 0.3) is 27.9 Å². The average Bonchev–Trinajstić information content (AvgIpc) is 3.28. The Balaban J connectivity index is 1.51. The first-order valence-electron chi connectivity index (χ1n) is 10.3. The van der Waals surface area contributed by atoms with E-state index in [1.807, 2.05) is 36.4 Å². The Bertz CT molecular complexity index is 1590. The number of hydrogen-bond donors (Lipinski definition) is 2. The van der Waals surface area contributed by atoms with Crippen molar-refractivity contribution in [3.05, 3.63) is 97.0 Å². The van der Waals surface area contributed by atoms with Crippen LogP contribution in [0.15, 0.2) is 96.3 Å². The highest BCUT2D eigenvalue weighted by Crippen LogP contribution is 2.28. The maximum atomic E-state index is 13.0. The van der Waals surface area contributed by atoms with Crippen LogP contribution < -0.4 is 5.32 Å². The van der Waals surface area contributed by atoms with E-state index in [4.69, 9.17) is 5.11 Å². The SMILES string of the molecule is O=S(=O)(c1ccccc1)n1ccc2cc(Nc3ncnc4ccc(/C=C/CO)cc34)ccc21. The van der Waals surface area contributed by atoms with Crippen molar-refractivity contribution in [3.8, 4) is 0 Å². The lowest BCUT2D eigenvalue weighted by Crippen LogP contribution is -2.11. The van der Waals surface area contributed by atoms with Crippen molar-refractivity contribution in [3.63, 3.8) is 0 Å². The molecule has 0 spiro atoms. The molecule has 0 atom stereocenters. The molecule has 7 nitrogen and oxygen atoms in total. The van der Waals surface area contributed by atoms with Gasteiger partial charge in [0.05, 0.1) is 22.5 Å². The number of fused-ring (bicyclic) bond motifs is 2. The van der Waals surface area contributed by atoms with Crippen molar-refractivity contribution >= 4 is 49.4 Å². The van der Waals surface area contributed by atoms with Gasteiger partial charge in [-0.15, -0.1) is 0 Å². The van der Waals surface area contributed by atoms with Gasteiger partial charge in [0.15, 0.2) is 0 Å². The molecule has 0 bridgehead atoms. The zero-order valence-corrected chi connectivity index (χ0v) is 18.3. The molecule has 0 unspecified atom stereocenters. The van der Waals surface area contributed by atoms with Gasteiger partial charge in [0.2, 0.25) is 0 Å². The van der Waals surface area contributed by atoms with Gasteiger partial charge in [0.1, 0.15) is 12.1 Å². The van der Waals surface area contributed by atoms with Gasteiger partial charge in [-0.3, -0.25) is 0 Å². The summed E-state index contributed by atoms with van der Waals surface area (Å²) in [6.45, 7) is -0.0336. The fraction of sp³-hybridized carbons (Fsp3) is 0.0400. The van der Waals surface area contributed by atoms with E-state index >= 15 is 0 Å². The summed E-state index contributed by atoms with van der Waals surface area (Å²) in [6, 6.07) is 21.4. The van der Waals surface area contributed by atoms with E-state index in [0.29, 0.717) is 11.3 Å². The zero-order valence-electron chi connectivity index (χ0n) is 17.5. The minimum Gasteiger partial charge on any atom is -0.392 e. The summed E-state index contributed by atoms with van der Waals surface area (Å²) in [4.78, 5) is 8.95. The molecule has 2 heterocycles. The quantitative estimate of drug-likeness (QED) is 0.388. The van der Waals surface area contributed by atoms with Gasteiger partial charge in [0, 0.05) is 22.7 Å². The van der Waals surface area contributed by atoms with E-state index in [0.717, 1.165) is 27.5 Å². The van der Waals surface area contributed by atoms with Crippen molar-refractivity contribution in [2.75, 3.05) is 11.9 Å². The Hall–Kier alpha value is -4.01. The van der Waals surface area contributed by atoms with Gasteiger partial charge in [0.25, 0.3) is 10.0 Å². The molecule has 164 valence electrons. The van der Waals surface area contributed by atoms with Crippen LogP contribution in [-0.2, 0) is 10.0 Å². The van der Waals surface area contributed by atoms with E-state index < -0.39 is 10.0 Å². The lowest BCUT2D eigenvalue weighted by atomic mass is 10.1. The number of anilines is 2. The highest BCUT2D eigenvalue weighted by molar-refractivity contribution is 7.90. The Kier molecular flexibility index (Phi) is 5.37. The summed E-state index contributed by atoms with van der Waals surface area (Å²) >= 11 is 0. The van der Waals surface area contributed by atoms with Crippen molar-refractivity contribution < 1.29 is 13.5 Å². The molecule has 8 heteroatoms.